The Kier molecular flexibility index (Phi) is 10.9. The largest absolute Gasteiger partial charge is 0.490 e. The highest BCUT2D eigenvalue weighted by atomic mass is 35.5. The standard InChI is InChI=1S/C44H48ClN9O6/c45-35-22-32(5-1-28(35)23-46)60-31-6-2-29(3-7-31)47-40(56)36-9-11-38(50-49-36)53-19-15-44(16-20-53)25-51(26-44)24-27-13-17-52(18-14-27)30-4-8-33-34(21-30)43(59)54(42(33)58)37-10-12-39(55)48-41(37)57/h1,4-5,8-9,11,21-22,27,29,31,37H,2-3,6-7,10,12-20,24-26H2,(H,47,56)(H,48,55,57). The van der Waals surface area contributed by atoms with Crippen molar-refractivity contribution < 1.29 is 28.7 Å². The number of imide groups is 2. The molecule has 6 aliphatic rings. The molecule has 1 aromatic heterocycles. The highest BCUT2D eigenvalue weighted by Gasteiger charge is 2.46. The molecule has 5 amide bonds. The summed E-state index contributed by atoms with van der Waals surface area (Å²) in [5.74, 6) is -0.125. The minimum Gasteiger partial charge on any atom is -0.490 e. The lowest BCUT2D eigenvalue weighted by atomic mass is 9.71. The average molecular weight is 834 g/mol. The molecular formula is C44H48ClN9O6. The minimum atomic E-state index is -0.967. The predicted molar refractivity (Wildman–Crippen MR) is 221 cm³/mol. The first kappa shape index (κ1) is 39.8. The first-order valence-corrected chi connectivity index (χ1v) is 21.5. The van der Waals surface area contributed by atoms with Crippen molar-refractivity contribution in [1.29, 1.82) is 5.26 Å². The maximum atomic E-state index is 13.3. The molecule has 3 aromatic rings. The summed E-state index contributed by atoms with van der Waals surface area (Å²) < 4.78 is 6.09. The first-order valence-electron chi connectivity index (χ1n) is 21.1. The van der Waals surface area contributed by atoms with Gasteiger partial charge in [0.25, 0.3) is 17.7 Å². The van der Waals surface area contributed by atoms with E-state index in [1.165, 1.54) is 0 Å². The number of anilines is 2. The molecule has 312 valence electrons. The van der Waals surface area contributed by atoms with Crippen LogP contribution in [-0.2, 0) is 9.59 Å². The monoisotopic (exact) mass is 833 g/mol. The van der Waals surface area contributed by atoms with Crippen LogP contribution in [0.3, 0.4) is 0 Å². The number of aromatic nitrogens is 2. The normalized spacial score (nSPS) is 24.5. The number of nitriles is 1. The van der Waals surface area contributed by atoms with Crippen molar-refractivity contribution in [1.82, 2.24) is 30.6 Å². The number of halogens is 1. The molecule has 2 N–H and O–H groups in total. The summed E-state index contributed by atoms with van der Waals surface area (Å²) in [6, 6.07) is 15.3. The van der Waals surface area contributed by atoms with Gasteiger partial charge in [0.05, 0.1) is 27.8 Å². The third kappa shape index (κ3) is 8.02. The number of hydrogen-bond acceptors (Lipinski definition) is 12. The highest BCUT2D eigenvalue weighted by Crippen LogP contribution is 2.42. The fraction of sp³-hybridized carbons (Fsp3) is 0.500. The lowest BCUT2D eigenvalue weighted by Crippen LogP contribution is -2.61. The lowest BCUT2D eigenvalue weighted by molar-refractivity contribution is -0.136. The zero-order chi connectivity index (χ0) is 41.5. The van der Waals surface area contributed by atoms with E-state index in [0.29, 0.717) is 44.5 Å². The molecule has 6 heterocycles. The number of carbonyl (C=O) groups excluding carboxylic acids is 5. The number of nitrogens with zero attached hydrogens (tertiary/aromatic N) is 7. The molecule has 1 saturated carbocycles. The predicted octanol–water partition coefficient (Wildman–Crippen LogP) is 4.34. The zero-order valence-electron chi connectivity index (χ0n) is 33.4. The van der Waals surface area contributed by atoms with E-state index in [1.807, 2.05) is 12.1 Å². The molecule has 0 bridgehead atoms. The quantitative estimate of drug-likeness (QED) is 0.292. The van der Waals surface area contributed by atoms with Crippen molar-refractivity contribution in [2.45, 2.75) is 82.4 Å². The Labute approximate surface area is 353 Å². The topological polar surface area (TPSA) is 181 Å². The van der Waals surface area contributed by atoms with Crippen LogP contribution in [0.25, 0.3) is 0 Å². The zero-order valence-corrected chi connectivity index (χ0v) is 34.2. The number of piperidine rings is 3. The molecule has 0 radical (unpaired) electrons. The molecule has 9 rings (SSSR count). The van der Waals surface area contributed by atoms with Crippen LogP contribution < -0.4 is 25.2 Å². The first-order chi connectivity index (χ1) is 29.0. The van der Waals surface area contributed by atoms with E-state index < -0.39 is 23.8 Å². The van der Waals surface area contributed by atoms with Gasteiger partial charge in [-0.05, 0) is 112 Å². The molecule has 15 nitrogen and oxygen atoms in total. The summed E-state index contributed by atoms with van der Waals surface area (Å²) in [5.41, 5.74) is 2.60. The van der Waals surface area contributed by atoms with Crippen LogP contribution in [0.5, 0.6) is 5.75 Å². The Balaban J connectivity index is 0.683. The van der Waals surface area contributed by atoms with Gasteiger partial charge in [0.2, 0.25) is 11.8 Å². The Morgan fingerprint density at radius 1 is 0.867 bits per heavy atom. The summed E-state index contributed by atoms with van der Waals surface area (Å²) >= 11 is 6.15. The van der Waals surface area contributed by atoms with E-state index in [2.05, 4.69) is 41.6 Å². The number of nitrogens with one attached hydrogen (secondary N) is 2. The van der Waals surface area contributed by atoms with Crippen LogP contribution in [0.15, 0.2) is 48.5 Å². The fourth-order valence-electron chi connectivity index (χ4n) is 10.0. The molecule has 5 aliphatic heterocycles. The Hall–Kier alpha value is -5.59. The second-order valence-corrected chi connectivity index (χ2v) is 17.8. The molecule has 16 heteroatoms. The third-order valence-corrected chi connectivity index (χ3v) is 13.8. The summed E-state index contributed by atoms with van der Waals surface area (Å²) in [7, 11) is 0. The van der Waals surface area contributed by atoms with Gasteiger partial charge in [-0.15, -0.1) is 10.2 Å². The van der Waals surface area contributed by atoms with E-state index in [9.17, 15) is 24.0 Å². The summed E-state index contributed by atoms with van der Waals surface area (Å²) in [5, 5.41) is 23.6. The molecule has 2 aromatic carbocycles. The Morgan fingerprint density at radius 2 is 1.62 bits per heavy atom. The lowest BCUT2D eigenvalue weighted by Gasteiger charge is -2.55. The number of ether oxygens (including phenoxy) is 1. The van der Waals surface area contributed by atoms with Crippen LogP contribution in [0.4, 0.5) is 11.5 Å². The molecule has 1 spiro atoms. The number of carbonyl (C=O) groups is 5. The van der Waals surface area contributed by atoms with Gasteiger partial charge in [-0.25, -0.2) is 0 Å². The molecular weight excluding hydrogens is 786 g/mol. The maximum Gasteiger partial charge on any atom is 0.272 e. The van der Waals surface area contributed by atoms with Gasteiger partial charge in [0.15, 0.2) is 11.5 Å². The van der Waals surface area contributed by atoms with Crippen molar-refractivity contribution in [2.24, 2.45) is 11.3 Å². The van der Waals surface area contributed by atoms with E-state index >= 15 is 0 Å². The van der Waals surface area contributed by atoms with Crippen molar-refractivity contribution in [3.05, 3.63) is 75.9 Å². The number of benzene rings is 2. The van der Waals surface area contributed by atoms with Crippen molar-refractivity contribution in [2.75, 3.05) is 55.6 Å². The summed E-state index contributed by atoms with van der Waals surface area (Å²) in [6.07, 6.45) is 7.72. The average Bonchev–Trinajstić information content (AvgIpc) is 3.49. The number of amides is 5. The van der Waals surface area contributed by atoms with Gasteiger partial charge in [0.1, 0.15) is 17.9 Å². The number of hydrogen-bond donors (Lipinski definition) is 2. The second-order valence-electron chi connectivity index (χ2n) is 17.4. The molecule has 60 heavy (non-hydrogen) atoms. The molecule has 1 aliphatic carbocycles. The smallest absolute Gasteiger partial charge is 0.272 e. The molecule has 5 fully saturated rings. The molecule has 1 atom stereocenters. The fourth-order valence-corrected chi connectivity index (χ4v) is 10.2. The van der Waals surface area contributed by atoms with E-state index in [0.717, 1.165) is 114 Å². The van der Waals surface area contributed by atoms with Gasteiger partial charge in [-0.2, -0.15) is 5.26 Å². The summed E-state index contributed by atoms with van der Waals surface area (Å²) in [4.78, 5) is 71.7. The van der Waals surface area contributed by atoms with Crippen LogP contribution in [0.1, 0.15) is 101 Å². The van der Waals surface area contributed by atoms with Gasteiger partial charge in [0, 0.05) is 70.0 Å². The van der Waals surface area contributed by atoms with Crippen molar-refractivity contribution in [3.63, 3.8) is 0 Å². The number of fused-ring (bicyclic) bond motifs is 1. The van der Waals surface area contributed by atoms with Crippen molar-refractivity contribution >= 4 is 52.6 Å². The van der Waals surface area contributed by atoms with Crippen LogP contribution in [-0.4, -0.2) is 114 Å². The van der Waals surface area contributed by atoms with Gasteiger partial charge >= 0.3 is 0 Å². The van der Waals surface area contributed by atoms with E-state index in [-0.39, 0.29) is 36.8 Å². The maximum absolute atomic E-state index is 13.3. The van der Waals surface area contributed by atoms with Crippen LogP contribution in [0, 0.1) is 22.7 Å². The van der Waals surface area contributed by atoms with Gasteiger partial charge in [-0.3, -0.25) is 34.2 Å². The number of rotatable bonds is 9. The number of likely N-dealkylation sites (tertiary alicyclic amines) is 1. The Morgan fingerprint density at radius 3 is 2.30 bits per heavy atom. The minimum absolute atomic E-state index is 0.0246. The third-order valence-electron chi connectivity index (χ3n) is 13.4. The van der Waals surface area contributed by atoms with Crippen LogP contribution >= 0.6 is 11.6 Å². The summed E-state index contributed by atoms with van der Waals surface area (Å²) in [6.45, 7) is 6.84. The van der Waals surface area contributed by atoms with E-state index in [4.69, 9.17) is 21.6 Å². The van der Waals surface area contributed by atoms with E-state index in [1.54, 1.807) is 36.4 Å². The Bertz CT molecular complexity index is 2230. The molecule has 1 unspecified atom stereocenters. The van der Waals surface area contributed by atoms with Crippen molar-refractivity contribution in [3.8, 4) is 11.8 Å². The second kappa shape index (κ2) is 16.5. The van der Waals surface area contributed by atoms with Gasteiger partial charge in [-0.1, -0.05) is 11.6 Å². The highest BCUT2D eigenvalue weighted by molar-refractivity contribution is 6.31. The van der Waals surface area contributed by atoms with Gasteiger partial charge < -0.3 is 24.8 Å². The SMILES string of the molecule is N#Cc1ccc(OC2CCC(NC(=O)c3ccc(N4CCC5(CC4)CN(CC4CCN(c6ccc7c(c6)C(=O)N(C6CCC(=O)NC6=O)C7=O)CC4)C5)nn3)CC2)cc1Cl. The van der Waals surface area contributed by atoms with Crippen LogP contribution in [0.2, 0.25) is 5.02 Å². The molecule has 4 saturated heterocycles.